The largest absolute Gasteiger partial charge is 0.491 e. The Balaban J connectivity index is 0.00000352. The van der Waals surface area contributed by atoms with Gasteiger partial charge < -0.3 is 19.4 Å². The maximum Gasteiger partial charge on any atom is 0.164 e. The van der Waals surface area contributed by atoms with Crippen LogP contribution in [0.25, 0.3) is 0 Å². The molecule has 6 heteroatoms. The predicted octanol–water partition coefficient (Wildman–Crippen LogP) is 7.25. The number of unbranched alkanes of at least 4 members (excludes halogenated alkanes) is 2. The molecule has 2 atom stereocenters. The smallest absolute Gasteiger partial charge is 0.164 e. The summed E-state index contributed by atoms with van der Waals surface area (Å²) in [6, 6.07) is 19.2. The molecule has 2 aromatic carbocycles. The van der Waals surface area contributed by atoms with Gasteiger partial charge in [-0.3, -0.25) is 4.79 Å². The summed E-state index contributed by atoms with van der Waals surface area (Å²) >= 11 is 0. The normalized spacial score (nSPS) is 14.2. The van der Waals surface area contributed by atoms with Crippen molar-refractivity contribution in [1.29, 1.82) is 0 Å². The zero-order chi connectivity index (χ0) is 28.4. The van der Waals surface area contributed by atoms with Crippen molar-refractivity contribution < 1.29 is 24.2 Å². The average Bonchev–Trinajstić information content (AvgIpc) is 2.95. The molecule has 214 valence electrons. The molecule has 0 aliphatic heterocycles. The van der Waals surface area contributed by atoms with Crippen molar-refractivity contribution in [1.82, 2.24) is 0 Å². The van der Waals surface area contributed by atoms with E-state index in [1.165, 1.54) is 24.0 Å². The lowest BCUT2D eigenvalue weighted by molar-refractivity contribution is -0.144. The van der Waals surface area contributed by atoms with Crippen molar-refractivity contribution in [3.05, 3.63) is 65.7 Å². The highest BCUT2D eigenvalue weighted by Gasteiger charge is 2.31. The Bertz CT molecular complexity index is 886. The van der Waals surface area contributed by atoms with Gasteiger partial charge >= 0.3 is 0 Å². The van der Waals surface area contributed by atoms with Gasteiger partial charge in [0.25, 0.3) is 0 Å². The topological polar surface area (TPSA) is 91.0 Å². The van der Waals surface area contributed by atoms with Crippen LogP contribution in [0.3, 0.4) is 0 Å². The fourth-order valence-electron chi connectivity index (χ4n) is 4.49. The van der Waals surface area contributed by atoms with E-state index in [9.17, 15) is 4.79 Å². The van der Waals surface area contributed by atoms with E-state index in [2.05, 4.69) is 62.2 Å². The molecule has 0 bridgehead atoms. The number of benzene rings is 2. The van der Waals surface area contributed by atoms with Gasteiger partial charge in [-0.1, -0.05) is 76.1 Å². The zero-order valence-electron chi connectivity index (χ0n) is 24.5. The van der Waals surface area contributed by atoms with Crippen LogP contribution < -0.4 is 10.6 Å². The fourth-order valence-corrected chi connectivity index (χ4v) is 4.49. The molecule has 2 rings (SSSR count). The number of ketones is 1. The van der Waals surface area contributed by atoms with Gasteiger partial charge in [0.05, 0.1) is 12.7 Å². The minimum atomic E-state index is -0.761. The Morgan fingerprint density at radius 1 is 0.868 bits per heavy atom. The number of Topliss-reactive ketones (excluding diaryl/α,β-unsaturated/α-hetero) is 1. The van der Waals surface area contributed by atoms with Crippen molar-refractivity contribution >= 4 is 5.78 Å². The number of rotatable bonds is 18. The van der Waals surface area contributed by atoms with Gasteiger partial charge in [-0.05, 0) is 69.7 Å². The molecule has 0 fully saturated rings. The van der Waals surface area contributed by atoms with E-state index in [4.69, 9.17) is 19.4 Å². The Kier molecular flexibility index (Phi) is 16.1. The molecule has 0 saturated carbocycles. The lowest BCUT2D eigenvalue weighted by atomic mass is 9.73. The minimum absolute atomic E-state index is 0.0247. The van der Waals surface area contributed by atoms with Crippen LogP contribution in [0, 0.1) is 0 Å². The quantitative estimate of drug-likeness (QED) is 0.156. The second kappa shape index (κ2) is 18.1. The van der Waals surface area contributed by atoms with Crippen molar-refractivity contribution in [2.75, 3.05) is 19.8 Å². The summed E-state index contributed by atoms with van der Waals surface area (Å²) in [5.41, 5.74) is 1.86. The lowest BCUT2D eigenvalue weighted by Crippen LogP contribution is -2.39. The molecule has 2 aromatic rings. The second-order valence-electron chi connectivity index (χ2n) is 10.4. The number of nitrogens with two attached hydrogens (primary N) is 1. The number of carbonyl (C=O) groups excluding carboxylic acids is 1. The lowest BCUT2D eigenvalue weighted by Gasteiger charge is -2.31. The molecular weight excluding hydrogens is 478 g/mol. The first-order valence-electron chi connectivity index (χ1n) is 14.1. The van der Waals surface area contributed by atoms with Crippen molar-refractivity contribution in [3.8, 4) is 5.75 Å². The maximum absolute atomic E-state index is 12.8. The van der Waals surface area contributed by atoms with Crippen LogP contribution in [-0.4, -0.2) is 42.5 Å². The zero-order valence-corrected chi connectivity index (χ0v) is 24.5. The highest BCUT2D eigenvalue weighted by Crippen LogP contribution is 2.37. The summed E-state index contributed by atoms with van der Waals surface area (Å²) in [5, 5.41) is 6.50. The molecule has 38 heavy (non-hydrogen) atoms. The van der Waals surface area contributed by atoms with E-state index in [1.807, 2.05) is 39.8 Å². The van der Waals surface area contributed by atoms with E-state index in [1.54, 1.807) is 0 Å². The third-order valence-corrected chi connectivity index (χ3v) is 7.22. The second-order valence-corrected chi connectivity index (χ2v) is 10.4. The third-order valence-electron chi connectivity index (χ3n) is 7.22. The molecule has 6 nitrogen and oxygen atoms in total. The molecule has 0 aromatic heterocycles. The number of carbonyl (C=O) groups is 1. The van der Waals surface area contributed by atoms with Crippen LogP contribution in [-0.2, 0) is 19.7 Å². The third kappa shape index (κ3) is 10.9. The van der Waals surface area contributed by atoms with E-state index >= 15 is 0 Å². The van der Waals surface area contributed by atoms with Gasteiger partial charge in [-0.15, -0.1) is 0 Å². The molecule has 0 aliphatic rings. The van der Waals surface area contributed by atoms with Crippen molar-refractivity contribution in [2.45, 2.75) is 104 Å². The standard InChI is InChI=1S/C32H48O4.H3NO/c1-7-9-22-31(5,27-15-11-10-12-16-27)28-18-20-29(21-19-28)35-24-25-36-32(6,8-2)30(33)17-13-14-23-34-26(3)4;1-2/h10-12,15-16,18-21,26H,7-9,13-14,17,22-25H2,1-6H3;2H,1H2. The van der Waals surface area contributed by atoms with Crippen LogP contribution in [0.2, 0.25) is 0 Å². The molecule has 0 saturated heterocycles. The first-order chi connectivity index (χ1) is 18.2. The van der Waals surface area contributed by atoms with Gasteiger partial charge in [0.2, 0.25) is 0 Å². The summed E-state index contributed by atoms with van der Waals surface area (Å²) in [5.74, 6) is 4.48. The summed E-state index contributed by atoms with van der Waals surface area (Å²) in [6.07, 6.45) is 6.59. The Morgan fingerprint density at radius 2 is 1.50 bits per heavy atom. The molecule has 0 aliphatic carbocycles. The molecule has 0 amide bonds. The molecule has 0 heterocycles. The molecule has 0 radical (unpaired) electrons. The molecule has 0 spiro atoms. The van der Waals surface area contributed by atoms with Crippen LogP contribution in [0.5, 0.6) is 5.75 Å². The van der Waals surface area contributed by atoms with Gasteiger partial charge in [-0.25, -0.2) is 5.90 Å². The van der Waals surface area contributed by atoms with Gasteiger partial charge in [-0.2, -0.15) is 0 Å². The highest BCUT2D eigenvalue weighted by atomic mass is 16.5. The van der Waals surface area contributed by atoms with Crippen LogP contribution in [0.15, 0.2) is 54.6 Å². The SMILES string of the molecule is CCCCC(C)(c1ccccc1)c1ccc(OCCOC(C)(CC)C(=O)CCCCOC(C)C)cc1.NO. The molecular formula is C32H51NO5. The summed E-state index contributed by atoms with van der Waals surface area (Å²) in [6.45, 7) is 14.0. The van der Waals surface area contributed by atoms with Crippen molar-refractivity contribution in [3.63, 3.8) is 0 Å². The predicted molar refractivity (Wildman–Crippen MR) is 155 cm³/mol. The highest BCUT2D eigenvalue weighted by molar-refractivity contribution is 5.86. The number of hydrogen-bond donors (Lipinski definition) is 2. The fraction of sp³-hybridized carbons (Fsp3) is 0.594. The number of hydrogen-bond acceptors (Lipinski definition) is 6. The minimum Gasteiger partial charge on any atom is -0.491 e. The maximum atomic E-state index is 12.8. The van der Waals surface area contributed by atoms with Gasteiger partial charge in [0.15, 0.2) is 5.78 Å². The van der Waals surface area contributed by atoms with E-state index < -0.39 is 5.60 Å². The first-order valence-corrected chi connectivity index (χ1v) is 14.1. The van der Waals surface area contributed by atoms with Crippen LogP contribution in [0.4, 0.5) is 0 Å². The summed E-state index contributed by atoms with van der Waals surface area (Å²) in [7, 11) is 0. The Labute approximate surface area is 230 Å². The van der Waals surface area contributed by atoms with E-state index in [-0.39, 0.29) is 17.3 Å². The van der Waals surface area contributed by atoms with Crippen molar-refractivity contribution in [2.24, 2.45) is 5.90 Å². The molecule has 2 unspecified atom stereocenters. The van der Waals surface area contributed by atoms with Crippen LogP contribution >= 0.6 is 0 Å². The average molecular weight is 530 g/mol. The first kappa shape index (κ1) is 33.8. The number of ether oxygens (including phenoxy) is 3. The van der Waals surface area contributed by atoms with Crippen LogP contribution in [0.1, 0.15) is 97.6 Å². The monoisotopic (exact) mass is 529 g/mol. The van der Waals surface area contributed by atoms with Gasteiger partial charge in [0, 0.05) is 18.4 Å². The van der Waals surface area contributed by atoms with E-state index in [0.717, 1.165) is 25.0 Å². The van der Waals surface area contributed by atoms with E-state index in [0.29, 0.717) is 32.7 Å². The summed E-state index contributed by atoms with van der Waals surface area (Å²) < 4.78 is 17.6. The molecule has 3 N–H and O–H groups in total. The summed E-state index contributed by atoms with van der Waals surface area (Å²) in [4.78, 5) is 12.8. The van der Waals surface area contributed by atoms with Gasteiger partial charge in [0.1, 0.15) is 18.0 Å². The Hall–Kier alpha value is -2.25. The Morgan fingerprint density at radius 3 is 2.08 bits per heavy atom.